The van der Waals surface area contributed by atoms with E-state index >= 15 is 0 Å². The minimum atomic E-state index is 0.558. The molecule has 0 spiro atoms. The maximum absolute atomic E-state index is 8.94. The third-order valence-corrected chi connectivity index (χ3v) is 2.55. The maximum Gasteiger partial charge on any atom is 0.136 e. The molecule has 0 heterocycles. The van der Waals surface area contributed by atoms with Crippen molar-refractivity contribution in [1.82, 2.24) is 0 Å². The van der Waals surface area contributed by atoms with E-state index < -0.39 is 0 Å². The second-order valence-corrected chi connectivity index (χ2v) is 3.91. The van der Waals surface area contributed by atoms with Gasteiger partial charge in [0.1, 0.15) is 11.8 Å². The molecule has 0 fully saturated rings. The molecule has 3 nitrogen and oxygen atoms in total. The van der Waals surface area contributed by atoms with Gasteiger partial charge in [0.25, 0.3) is 0 Å². The Morgan fingerprint density at radius 3 is 2.76 bits per heavy atom. The van der Waals surface area contributed by atoms with Crippen molar-refractivity contribution in [2.24, 2.45) is 0 Å². The summed E-state index contributed by atoms with van der Waals surface area (Å²) < 4.78 is 10.6. The van der Waals surface area contributed by atoms with Gasteiger partial charge in [0.2, 0.25) is 0 Å². The Labute approximate surface area is 103 Å². The van der Waals surface area contributed by atoms with Crippen LogP contribution < -0.4 is 4.74 Å². The molecule has 0 saturated heterocycles. The summed E-state index contributed by atoms with van der Waals surface area (Å²) in [6.45, 7) is 3.51. The van der Waals surface area contributed by atoms with Crippen LogP contribution in [0.5, 0.6) is 5.75 Å². The molecule has 0 amide bonds. The molecule has 1 aromatic carbocycles. The predicted molar refractivity (Wildman–Crippen MR) is 66.9 cm³/mol. The van der Waals surface area contributed by atoms with Gasteiger partial charge in [-0.1, -0.05) is 25.8 Å². The Kier molecular flexibility index (Phi) is 6.13. The molecule has 0 radical (unpaired) electrons. The maximum atomic E-state index is 8.94. The molecular weight excluding hydrogens is 214 g/mol. The number of benzene rings is 1. The van der Waals surface area contributed by atoms with Gasteiger partial charge >= 0.3 is 0 Å². The Hall–Kier alpha value is -1.53. The number of nitriles is 1. The van der Waals surface area contributed by atoms with Crippen molar-refractivity contribution in [1.29, 1.82) is 5.26 Å². The van der Waals surface area contributed by atoms with E-state index in [2.05, 4.69) is 13.0 Å². The summed E-state index contributed by atoms with van der Waals surface area (Å²) in [5.41, 5.74) is 1.57. The number of hydrogen-bond acceptors (Lipinski definition) is 3. The average Bonchev–Trinajstić information content (AvgIpc) is 2.38. The van der Waals surface area contributed by atoms with Crippen LogP contribution in [0.15, 0.2) is 18.2 Å². The van der Waals surface area contributed by atoms with Crippen LogP contribution in [-0.2, 0) is 11.3 Å². The summed E-state index contributed by atoms with van der Waals surface area (Å²) in [4.78, 5) is 0. The SMILES string of the molecule is CCCCCOCc1ccc(OC)c(C#N)c1. The van der Waals surface area contributed by atoms with Crippen LogP contribution >= 0.6 is 0 Å². The monoisotopic (exact) mass is 233 g/mol. The first-order chi connectivity index (χ1) is 8.31. The van der Waals surface area contributed by atoms with Gasteiger partial charge in [-0.2, -0.15) is 5.26 Å². The molecule has 0 N–H and O–H groups in total. The lowest BCUT2D eigenvalue weighted by atomic mass is 10.1. The molecule has 3 heteroatoms. The van der Waals surface area contributed by atoms with Crippen molar-refractivity contribution in [3.05, 3.63) is 29.3 Å². The van der Waals surface area contributed by atoms with Gasteiger partial charge in [0, 0.05) is 6.61 Å². The number of ether oxygens (including phenoxy) is 2. The Morgan fingerprint density at radius 1 is 1.29 bits per heavy atom. The third-order valence-electron chi connectivity index (χ3n) is 2.55. The van der Waals surface area contributed by atoms with Gasteiger partial charge in [-0.25, -0.2) is 0 Å². The molecule has 0 saturated carbocycles. The third kappa shape index (κ3) is 4.46. The van der Waals surface area contributed by atoms with Gasteiger partial charge in [-0.3, -0.25) is 0 Å². The molecule has 0 atom stereocenters. The lowest BCUT2D eigenvalue weighted by molar-refractivity contribution is 0.117. The molecule has 0 aliphatic rings. The standard InChI is InChI=1S/C14H19NO2/c1-3-4-5-8-17-11-12-6-7-14(16-2)13(9-12)10-15/h6-7,9H,3-5,8,11H2,1-2H3. The van der Waals surface area contributed by atoms with Crippen molar-refractivity contribution >= 4 is 0 Å². The molecule has 0 bridgehead atoms. The van der Waals surface area contributed by atoms with Crippen molar-refractivity contribution < 1.29 is 9.47 Å². The smallest absolute Gasteiger partial charge is 0.136 e. The normalized spacial score (nSPS) is 9.94. The van der Waals surface area contributed by atoms with E-state index in [1.807, 2.05) is 18.2 Å². The van der Waals surface area contributed by atoms with Crippen molar-refractivity contribution in [3.8, 4) is 11.8 Å². The van der Waals surface area contributed by atoms with E-state index in [1.165, 1.54) is 12.8 Å². The number of nitrogens with zero attached hydrogens (tertiary/aromatic N) is 1. The van der Waals surface area contributed by atoms with Crippen molar-refractivity contribution in [2.75, 3.05) is 13.7 Å². The van der Waals surface area contributed by atoms with Crippen molar-refractivity contribution in [2.45, 2.75) is 32.8 Å². The van der Waals surface area contributed by atoms with Gasteiger partial charge in [-0.05, 0) is 24.1 Å². The molecule has 0 aromatic heterocycles. The first-order valence-electron chi connectivity index (χ1n) is 5.96. The molecule has 0 unspecified atom stereocenters. The number of hydrogen-bond donors (Lipinski definition) is 0. The minimum Gasteiger partial charge on any atom is -0.495 e. The highest BCUT2D eigenvalue weighted by Gasteiger charge is 2.03. The second kappa shape index (κ2) is 7.70. The first-order valence-corrected chi connectivity index (χ1v) is 5.96. The van der Waals surface area contributed by atoms with Gasteiger partial charge in [-0.15, -0.1) is 0 Å². The van der Waals surface area contributed by atoms with Crippen LogP contribution in [0.3, 0.4) is 0 Å². The largest absolute Gasteiger partial charge is 0.495 e. The number of unbranched alkanes of at least 4 members (excludes halogenated alkanes) is 2. The molecule has 1 rings (SSSR count). The molecule has 0 aliphatic heterocycles. The quantitative estimate of drug-likeness (QED) is 0.679. The summed E-state index contributed by atoms with van der Waals surface area (Å²) in [6.07, 6.45) is 3.49. The van der Waals surface area contributed by atoms with E-state index in [9.17, 15) is 0 Å². The molecule has 0 aliphatic carbocycles. The lowest BCUT2D eigenvalue weighted by Crippen LogP contribution is -1.97. The van der Waals surface area contributed by atoms with Crippen LogP contribution in [0.1, 0.15) is 37.3 Å². The molecule has 1 aromatic rings. The van der Waals surface area contributed by atoms with Gasteiger partial charge in [0.05, 0.1) is 19.3 Å². The predicted octanol–water partition coefficient (Wildman–Crippen LogP) is 3.27. The summed E-state index contributed by atoms with van der Waals surface area (Å²) in [6, 6.07) is 7.67. The zero-order valence-electron chi connectivity index (χ0n) is 10.5. The fraction of sp³-hybridized carbons (Fsp3) is 0.500. The highest BCUT2D eigenvalue weighted by atomic mass is 16.5. The molecular formula is C14H19NO2. The Bertz CT molecular complexity index is 382. The lowest BCUT2D eigenvalue weighted by Gasteiger charge is -2.07. The minimum absolute atomic E-state index is 0.558. The molecule has 17 heavy (non-hydrogen) atoms. The zero-order chi connectivity index (χ0) is 12.5. The highest BCUT2D eigenvalue weighted by Crippen LogP contribution is 2.19. The fourth-order valence-corrected chi connectivity index (χ4v) is 1.58. The van der Waals surface area contributed by atoms with Crippen LogP contribution in [0.4, 0.5) is 0 Å². The summed E-state index contributed by atoms with van der Waals surface area (Å²) >= 11 is 0. The fourth-order valence-electron chi connectivity index (χ4n) is 1.58. The highest BCUT2D eigenvalue weighted by molar-refractivity contribution is 5.45. The average molecular weight is 233 g/mol. The summed E-state index contributed by atoms with van der Waals surface area (Å²) in [7, 11) is 1.57. The Morgan fingerprint density at radius 2 is 2.12 bits per heavy atom. The number of rotatable bonds is 7. The number of methoxy groups -OCH3 is 1. The van der Waals surface area contributed by atoms with Crippen LogP contribution in [0.25, 0.3) is 0 Å². The van der Waals surface area contributed by atoms with Crippen LogP contribution in [0.2, 0.25) is 0 Å². The van der Waals surface area contributed by atoms with Gasteiger partial charge < -0.3 is 9.47 Å². The van der Waals surface area contributed by atoms with Crippen LogP contribution in [-0.4, -0.2) is 13.7 Å². The first kappa shape index (κ1) is 13.5. The van der Waals surface area contributed by atoms with E-state index in [4.69, 9.17) is 14.7 Å². The molecule has 92 valence electrons. The van der Waals surface area contributed by atoms with E-state index in [0.717, 1.165) is 18.6 Å². The summed E-state index contributed by atoms with van der Waals surface area (Å²) in [5.74, 6) is 0.613. The van der Waals surface area contributed by atoms with Gasteiger partial charge in [0.15, 0.2) is 0 Å². The van der Waals surface area contributed by atoms with E-state index in [-0.39, 0.29) is 0 Å². The zero-order valence-corrected chi connectivity index (χ0v) is 10.5. The topological polar surface area (TPSA) is 42.2 Å². The second-order valence-electron chi connectivity index (χ2n) is 3.91. The Balaban J connectivity index is 2.47. The summed E-state index contributed by atoms with van der Waals surface area (Å²) in [5, 5.41) is 8.94. The van der Waals surface area contributed by atoms with Crippen molar-refractivity contribution in [3.63, 3.8) is 0 Å². The van der Waals surface area contributed by atoms with Crippen LogP contribution in [0, 0.1) is 11.3 Å². The van der Waals surface area contributed by atoms with E-state index in [0.29, 0.717) is 17.9 Å². The van der Waals surface area contributed by atoms with E-state index in [1.54, 1.807) is 7.11 Å².